The molecule has 0 radical (unpaired) electrons. The molecular weight excluding hydrogens is 268 g/mol. The number of piperidine rings is 1. The summed E-state index contributed by atoms with van der Waals surface area (Å²) >= 11 is 0. The van der Waals surface area contributed by atoms with Crippen LogP contribution in [0.3, 0.4) is 0 Å². The Balaban J connectivity index is 1.90. The van der Waals surface area contributed by atoms with Gasteiger partial charge in [-0.3, -0.25) is 4.79 Å². The highest BCUT2D eigenvalue weighted by Gasteiger charge is 2.19. The Kier molecular flexibility index (Phi) is 6.02. The number of nitrogens with zero attached hydrogens (tertiary/aromatic N) is 1. The van der Waals surface area contributed by atoms with Crippen LogP contribution in [-0.4, -0.2) is 45.9 Å². The van der Waals surface area contributed by atoms with Crippen LogP contribution >= 0.6 is 0 Å². The number of ether oxygens (including phenoxy) is 2. The van der Waals surface area contributed by atoms with Gasteiger partial charge in [-0.2, -0.15) is 0 Å². The first-order valence-electron chi connectivity index (χ1n) is 7.39. The summed E-state index contributed by atoms with van der Waals surface area (Å²) in [4.78, 5) is 13.9. The minimum absolute atomic E-state index is 0.0259. The van der Waals surface area contributed by atoms with E-state index < -0.39 is 0 Å². The summed E-state index contributed by atoms with van der Waals surface area (Å²) in [5.41, 5.74) is 1.99. The van der Waals surface area contributed by atoms with E-state index in [2.05, 4.69) is 10.2 Å². The SMILES string of the molecule is COCCC(=O)Nc1ccc(N2CCCC(OC)C2)cc1. The van der Waals surface area contributed by atoms with Crippen LogP contribution in [0.4, 0.5) is 11.4 Å². The smallest absolute Gasteiger partial charge is 0.226 e. The summed E-state index contributed by atoms with van der Waals surface area (Å²) in [7, 11) is 3.36. The van der Waals surface area contributed by atoms with Crippen molar-refractivity contribution in [1.29, 1.82) is 0 Å². The molecule has 0 spiro atoms. The standard InChI is InChI=1S/C16H24N2O3/c1-20-11-9-16(19)17-13-5-7-14(8-6-13)18-10-3-4-15(12-18)21-2/h5-8,15H,3-4,9-12H2,1-2H3,(H,17,19). The van der Waals surface area contributed by atoms with E-state index in [9.17, 15) is 4.79 Å². The second kappa shape index (κ2) is 8.00. The molecule has 1 aliphatic heterocycles. The fourth-order valence-corrected chi connectivity index (χ4v) is 2.54. The third kappa shape index (κ3) is 4.72. The van der Waals surface area contributed by atoms with Crippen LogP contribution in [-0.2, 0) is 14.3 Å². The summed E-state index contributed by atoms with van der Waals surface area (Å²) < 4.78 is 10.3. The molecule has 0 bridgehead atoms. The lowest BCUT2D eigenvalue weighted by molar-refractivity contribution is -0.117. The Hall–Kier alpha value is -1.59. The molecule has 1 unspecified atom stereocenters. The highest BCUT2D eigenvalue weighted by atomic mass is 16.5. The first kappa shape index (κ1) is 15.8. The van der Waals surface area contributed by atoms with Gasteiger partial charge in [0.2, 0.25) is 5.91 Å². The molecule has 1 atom stereocenters. The summed E-state index contributed by atoms with van der Waals surface area (Å²) in [6.45, 7) is 2.42. The van der Waals surface area contributed by atoms with Gasteiger partial charge in [0.05, 0.1) is 19.1 Å². The molecule has 1 heterocycles. The zero-order valence-corrected chi connectivity index (χ0v) is 12.8. The van der Waals surface area contributed by atoms with Gasteiger partial charge in [-0.25, -0.2) is 0 Å². The van der Waals surface area contributed by atoms with E-state index in [1.54, 1.807) is 14.2 Å². The second-order valence-electron chi connectivity index (χ2n) is 5.28. The molecule has 5 heteroatoms. The molecule has 0 saturated carbocycles. The Morgan fingerprint density at radius 2 is 2.10 bits per heavy atom. The summed E-state index contributed by atoms with van der Waals surface area (Å²) in [5, 5.41) is 2.86. The van der Waals surface area contributed by atoms with Crippen LogP contribution < -0.4 is 10.2 Å². The van der Waals surface area contributed by atoms with Gasteiger partial charge in [-0.1, -0.05) is 0 Å². The number of methoxy groups -OCH3 is 2. The lowest BCUT2D eigenvalue weighted by Gasteiger charge is -2.33. The lowest BCUT2D eigenvalue weighted by atomic mass is 10.1. The van der Waals surface area contributed by atoms with Gasteiger partial charge in [0, 0.05) is 38.7 Å². The first-order chi connectivity index (χ1) is 10.2. The Labute approximate surface area is 126 Å². The monoisotopic (exact) mass is 292 g/mol. The Morgan fingerprint density at radius 3 is 2.76 bits per heavy atom. The highest BCUT2D eigenvalue weighted by molar-refractivity contribution is 5.90. The van der Waals surface area contributed by atoms with Crippen molar-refractivity contribution in [2.45, 2.75) is 25.4 Å². The molecule has 1 aromatic carbocycles. The van der Waals surface area contributed by atoms with Crippen molar-refractivity contribution >= 4 is 17.3 Å². The predicted octanol–water partition coefficient (Wildman–Crippen LogP) is 2.28. The molecule has 1 fully saturated rings. The maximum Gasteiger partial charge on any atom is 0.226 e. The third-order valence-corrected chi connectivity index (χ3v) is 3.76. The normalized spacial score (nSPS) is 18.6. The van der Waals surface area contributed by atoms with E-state index in [1.807, 2.05) is 24.3 Å². The van der Waals surface area contributed by atoms with Gasteiger partial charge in [-0.05, 0) is 37.1 Å². The first-order valence-corrected chi connectivity index (χ1v) is 7.39. The molecule has 5 nitrogen and oxygen atoms in total. The molecule has 1 aromatic rings. The van der Waals surface area contributed by atoms with Crippen molar-refractivity contribution in [2.75, 3.05) is 44.1 Å². The van der Waals surface area contributed by atoms with Gasteiger partial charge in [0.25, 0.3) is 0 Å². The highest BCUT2D eigenvalue weighted by Crippen LogP contribution is 2.23. The van der Waals surface area contributed by atoms with E-state index in [1.165, 1.54) is 5.69 Å². The number of carbonyl (C=O) groups excluding carboxylic acids is 1. The Bertz CT molecular complexity index is 447. The van der Waals surface area contributed by atoms with Crippen LogP contribution in [0.1, 0.15) is 19.3 Å². The van der Waals surface area contributed by atoms with Gasteiger partial charge < -0.3 is 19.7 Å². The molecule has 1 N–H and O–H groups in total. The number of hydrogen-bond donors (Lipinski definition) is 1. The van der Waals surface area contributed by atoms with E-state index >= 15 is 0 Å². The average Bonchev–Trinajstić information content (AvgIpc) is 2.53. The summed E-state index contributed by atoms with van der Waals surface area (Å²) in [6.07, 6.45) is 2.96. The fraction of sp³-hybridized carbons (Fsp3) is 0.562. The van der Waals surface area contributed by atoms with E-state index in [0.29, 0.717) is 19.1 Å². The number of anilines is 2. The molecular formula is C16H24N2O3. The number of hydrogen-bond acceptors (Lipinski definition) is 4. The molecule has 116 valence electrons. The second-order valence-corrected chi connectivity index (χ2v) is 5.28. The number of carbonyl (C=O) groups is 1. The van der Waals surface area contributed by atoms with Crippen LogP contribution in [0, 0.1) is 0 Å². The van der Waals surface area contributed by atoms with Crippen LogP contribution in [0.5, 0.6) is 0 Å². The summed E-state index contributed by atoms with van der Waals surface area (Å²) in [6, 6.07) is 7.97. The van der Waals surface area contributed by atoms with Gasteiger partial charge in [0.15, 0.2) is 0 Å². The van der Waals surface area contributed by atoms with E-state index in [0.717, 1.165) is 31.6 Å². The third-order valence-electron chi connectivity index (χ3n) is 3.76. The summed E-state index contributed by atoms with van der Waals surface area (Å²) in [5.74, 6) is -0.0259. The van der Waals surface area contributed by atoms with Crippen molar-refractivity contribution in [1.82, 2.24) is 0 Å². The van der Waals surface area contributed by atoms with E-state index in [4.69, 9.17) is 9.47 Å². The molecule has 0 aliphatic carbocycles. The number of rotatable bonds is 6. The van der Waals surface area contributed by atoms with Crippen molar-refractivity contribution in [2.24, 2.45) is 0 Å². The maximum absolute atomic E-state index is 11.6. The number of nitrogens with one attached hydrogen (secondary N) is 1. The van der Waals surface area contributed by atoms with Crippen LogP contribution in [0.25, 0.3) is 0 Å². The minimum Gasteiger partial charge on any atom is -0.384 e. The van der Waals surface area contributed by atoms with Crippen molar-refractivity contribution < 1.29 is 14.3 Å². The molecule has 2 rings (SSSR count). The van der Waals surface area contributed by atoms with Crippen molar-refractivity contribution in [3.63, 3.8) is 0 Å². The quantitative estimate of drug-likeness (QED) is 0.874. The molecule has 1 amide bonds. The molecule has 1 saturated heterocycles. The van der Waals surface area contributed by atoms with Crippen molar-refractivity contribution in [3.05, 3.63) is 24.3 Å². The zero-order valence-electron chi connectivity index (χ0n) is 12.8. The molecule has 21 heavy (non-hydrogen) atoms. The van der Waals surface area contributed by atoms with Crippen LogP contribution in [0.15, 0.2) is 24.3 Å². The number of benzene rings is 1. The molecule has 1 aliphatic rings. The maximum atomic E-state index is 11.6. The van der Waals surface area contributed by atoms with Gasteiger partial charge in [0.1, 0.15) is 0 Å². The van der Waals surface area contributed by atoms with E-state index in [-0.39, 0.29) is 5.91 Å². The topological polar surface area (TPSA) is 50.8 Å². The molecule has 0 aromatic heterocycles. The zero-order chi connectivity index (χ0) is 15.1. The lowest BCUT2D eigenvalue weighted by Crippen LogP contribution is -2.39. The largest absolute Gasteiger partial charge is 0.384 e. The van der Waals surface area contributed by atoms with Gasteiger partial charge >= 0.3 is 0 Å². The Morgan fingerprint density at radius 1 is 1.33 bits per heavy atom. The minimum atomic E-state index is -0.0259. The van der Waals surface area contributed by atoms with Crippen molar-refractivity contribution in [3.8, 4) is 0 Å². The van der Waals surface area contributed by atoms with Crippen LogP contribution in [0.2, 0.25) is 0 Å². The predicted molar refractivity (Wildman–Crippen MR) is 83.8 cm³/mol. The fourth-order valence-electron chi connectivity index (χ4n) is 2.54. The number of amides is 1. The average molecular weight is 292 g/mol. The van der Waals surface area contributed by atoms with Gasteiger partial charge in [-0.15, -0.1) is 0 Å².